The van der Waals surface area contributed by atoms with Crippen LogP contribution in [0.15, 0.2) is 42.5 Å². The Morgan fingerprint density at radius 3 is 2.44 bits per heavy atom. The predicted molar refractivity (Wildman–Crippen MR) is 102 cm³/mol. The van der Waals surface area contributed by atoms with Crippen LogP contribution in [0.25, 0.3) is 0 Å². The lowest BCUT2D eigenvalue weighted by Gasteiger charge is -2.21. The number of aryl methyl sites for hydroxylation is 2. The monoisotopic (exact) mass is 372 g/mol. The zero-order chi connectivity index (χ0) is 19.8. The lowest BCUT2D eigenvalue weighted by Crippen LogP contribution is -2.42. The number of nitrogens with zero attached hydrogens (tertiary/aromatic N) is 1. The smallest absolute Gasteiger partial charge is 0.260 e. The minimum Gasteiger partial charge on any atom is -0.484 e. The van der Waals surface area contributed by atoms with Crippen LogP contribution in [0.4, 0.5) is 4.39 Å². The first-order valence-electron chi connectivity index (χ1n) is 8.88. The number of nitrogens with one attached hydrogen (secondary N) is 1. The van der Waals surface area contributed by atoms with E-state index in [0.29, 0.717) is 12.3 Å². The van der Waals surface area contributed by atoms with Gasteiger partial charge in [0.05, 0.1) is 6.54 Å². The van der Waals surface area contributed by atoms with Crippen molar-refractivity contribution in [2.75, 3.05) is 19.7 Å². The summed E-state index contributed by atoms with van der Waals surface area (Å²) < 4.78 is 18.5. The summed E-state index contributed by atoms with van der Waals surface area (Å²) in [5, 5.41) is 2.73. The second-order valence-corrected chi connectivity index (χ2v) is 6.37. The molecule has 0 radical (unpaired) electrons. The van der Waals surface area contributed by atoms with Crippen molar-refractivity contribution in [3.63, 3.8) is 0 Å². The molecule has 0 aliphatic carbocycles. The predicted octanol–water partition coefficient (Wildman–Crippen LogP) is 2.99. The van der Waals surface area contributed by atoms with Gasteiger partial charge in [-0.3, -0.25) is 9.59 Å². The fourth-order valence-corrected chi connectivity index (χ4v) is 2.60. The molecule has 0 unspecified atom stereocenters. The quantitative estimate of drug-likeness (QED) is 0.775. The molecule has 1 N–H and O–H groups in total. The number of hydrogen-bond acceptors (Lipinski definition) is 3. The molecule has 2 aromatic rings. The van der Waals surface area contributed by atoms with Crippen molar-refractivity contribution >= 4 is 11.8 Å². The molecule has 27 heavy (non-hydrogen) atoms. The van der Waals surface area contributed by atoms with Gasteiger partial charge < -0.3 is 15.0 Å². The van der Waals surface area contributed by atoms with Gasteiger partial charge in [-0.1, -0.05) is 29.8 Å². The first kappa shape index (κ1) is 20.4. The second-order valence-electron chi connectivity index (χ2n) is 6.37. The van der Waals surface area contributed by atoms with E-state index < -0.39 is 0 Å². The van der Waals surface area contributed by atoms with E-state index in [2.05, 4.69) is 5.32 Å². The van der Waals surface area contributed by atoms with Gasteiger partial charge in [-0.2, -0.15) is 0 Å². The van der Waals surface area contributed by atoms with Crippen LogP contribution in [0.3, 0.4) is 0 Å². The molecule has 0 saturated heterocycles. The summed E-state index contributed by atoms with van der Waals surface area (Å²) in [5.74, 6) is -0.196. The van der Waals surface area contributed by atoms with Gasteiger partial charge in [0.2, 0.25) is 5.91 Å². The van der Waals surface area contributed by atoms with E-state index in [1.165, 1.54) is 17.0 Å². The highest BCUT2D eigenvalue weighted by molar-refractivity contribution is 5.85. The average molecular weight is 372 g/mol. The Morgan fingerprint density at radius 2 is 1.81 bits per heavy atom. The van der Waals surface area contributed by atoms with Gasteiger partial charge in [0.15, 0.2) is 6.61 Å². The SMILES string of the molecule is CCN(CC(=O)NCc1ccc(F)cc1)C(=O)COc1ccc(C)cc1C. The molecular weight excluding hydrogens is 347 g/mol. The molecular formula is C21H25FN2O3. The third-order valence-electron chi connectivity index (χ3n) is 4.15. The van der Waals surface area contributed by atoms with E-state index in [4.69, 9.17) is 4.74 Å². The maximum Gasteiger partial charge on any atom is 0.260 e. The molecule has 2 aromatic carbocycles. The molecule has 6 heteroatoms. The fraction of sp³-hybridized carbons (Fsp3) is 0.333. The number of hydrogen-bond donors (Lipinski definition) is 1. The summed E-state index contributed by atoms with van der Waals surface area (Å²) >= 11 is 0. The fourth-order valence-electron chi connectivity index (χ4n) is 2.60. The Kier molecular flexibility index (Phi) is 7.34. The van der Waals surface area contributed by atoms with Gasteiger partial charge >= 0.3 is 0 Å². The van der Waals surface area contributed by atoms with Crippen molar-refractivity contribution in [3.05, 3.63) is 65.0 Å². The number of benzene rings is 2. The lowest BCUT2D eigenvalue weighted by atomic mass is 10.1. The summed E-state index contributed by atoms with van der Waals surface area (Å²) in [6.07, 6.45) is 0. The third-order valence-corrected chi connectivity index (χ3v) is 4.15. The highest BCUT2D eigenvalue weighted by Crippen LogP contribution is 2.18. The highest BCUT2D eigenvalue weighted by atomic mass is 19.1. The van der Waals surface area contributed by atoms with Crippen LogP contribution in [0, 0.1) is 19.7 Å². The van der Waals surface area contributed by atoms with Crippen molar-refractivity contribution in [1.82, 2.24) is 10.2 Å². The van der Waals surface area contributed by atoms with E-state index in [9.17, 15) is 14.0 Å². The van der Waals surface area contributed by atoms with E-state index in [0.717, 1.165) is 16.7 Å². The molecule has 0 aliphatic heterocycles. The molecule has 0 fully saturated rings. The average Bonchev–Trinajstić information content (AvgIpc) is 2.64. The molecule has 0 heterocycles. The molecule has 0 saturated carbocycles. The van der Waals surface area contributed by atoms with Crippen molar-refractivity contribution in [1.29, 1.82) is 0 Å². The summed E-state index contributed by atoms with van der Waals surface area (Å²) in [7, 11) is 0. The Balaban J connectivity index is 1.82. The van der Waals surface area contributed by atoms with Gasteiger partial charge in [0.25, 0.3) is 5.91 Å². The number of likely N-dealkylation sites (N-methyl/N-ethyl adjacent to an activating group) is 1. The molecule has 0 aromatic heterocycles. The van der Waals surface area contributed by atoms with Gasteiger partial charge in [0, 0.05) is 13.1 Å². The minimum absolute atomic E-state index is 0.0488. The Morgan fingerprint density at radius 1 is 1.11 bits per heavy atom. The van der Waals surface area contributed by atoms with Crippen LogP contribution in [0.5, 0.6) is 5.75 Å². The molecule has 0 bridgehead atoms. The van der Waals surface area contributed by atoms with Crippen molar-refractivity contribution in [3.8, 4) is 5.75 Å². The van der Waals surface area contributed by atoms with Gasteiger partial charge in [-0.15, -0.1) is 0 Å². The number of halogens is 1. The van der Waals surface area contributed by atoms with Crippen molar-refractivity contribution in [2.45, 2.75) is 27.3 Å². The van der Waals surface area contributed by atoms with Crippen LogP contribution >= 0.6 is 0 Å². The Hall–Kier alpha value is -2.89. The summed E-state index contributed by atoms with van der Waals surface area (Å²) in [6.45, 7) is 6.24. The first-order chi connectivity index (χ1) is 12.9. The molecule has 2 rings (SSSR count). The van der Waals surface area contributed by atoms with Gasteiger partial charge in [-0.25, -0.2) is 4.39 Å². The zero-order valence-corrected chi connectivity index (χ0v) is 15.9. The molecule has 144 valence electrons. The van der Waals surface area contributed by atoms with Crippen molar-refractivity contribution in [2.24, 2.45) is 0 Å². The topological polar surface area (TPSA) is 58.6 Å². The highest BCUT2D eigenvalue weighted by Gasteiger charge is 2.16. The van der Waals surface area contributed by atoms with Crippen LogP contribution in [-0.4, -0.2) is 36.4 Å². The lowest BCUT2D eigenvalue weighted by molar-refractivity contribution is -0.137. The third kappa shape index (κ3) is 6.40. The molecule has 0 spiro atoms. The van der Waals surface area contributed by atoms with Gasteiger partial charge in [0.1, 0.15) is 11.6 Å². The number of ether oxygens (including phenoxy) is 1. The second kappa shape index (κ2) is 9.71. The van der Waals surface area contributed by atoms with E-state index >= 15 is 0 Å². The normalized spacial score (nSPS) is 10.4. The molecule has 5 nitrogen and oxygen atoms in total. The molecule has 0 atom stereocenters. The number of amides is 2. The largest absolute Gasteiger partial charge is 0.484 e. The van der Waals surface area contributed by atoms with Gasteiger partial charge in [-0.05, 0) is 50.1 Å². The van der Waals surface area contributed by atoms with E-state index in [1.807, 2.05) is 39.0 Å². The van der Waals surface area contributed by atoms with Crippen molar-refractivity contribution < 1.29 is 18.7 Å². The van der Waals surface area contributed by atoms with Crippen LogP contribution in [0.2, 0.25) is 0 Å². The number of rotatable bonds is 8. The summed E-state index contributed by atoms with van der Waals surface area (Å²) in [6, 6.07) is 11.6. The number of carbonyl (C=O) groups is 2. The summed E-state index contributed by atoms with van der Waals surface area (Å²) in [5.41, 5.74) is 2.87. The molecule has 2 amide bonds. The van der Waals surface area contributed by atoms with Crippen LogP contribution in [-0.2, 0) is 16.1 Å². The Labute approximate surface area is 159 Å². The van der Waals surface area contributed by atoms with E-state index in [1.54, 1.807) is 12.1 Å². The standard InChI is InChI=1S/C21H25FN2O3/c1-4-24(13-20(25)23-12-17-6-8-18(22)9-7-17)21(26)14-27-19-10-5-15(2)11-16(19)3/h5-11H,4,12-14H2,1-3H3,(H,23,25). The van der Waals surface area contributed by atoms with Crippen LogP contribution < -0.4 is 10.1 Å². The maximum absolute atomic E-state index is 12.9. The Bertz CT molecular complexity index is 791. The maximum atomic E-state index is 12.9. The zero-order valence-electron chi connectivity index (χ0n) is 15.9. The first-order valence-corrected chi connectivity index (χ1v) is 8.88. The number of carbonyl (C=O) groups excluding carboxylic acids is 2. The summed E-state index contributed by atoms with van der Waals surface area (Å²) in [4.78, 5) is 25.9. The molecule has 0 aliphatic rings. The van der Waals surface area contributed by atoms with Crippen LogP contribution in [0.1, 0.15) is 23.6 Å². The minimum atomic E-state index is -0.323. The van der Waals surface area contributed by atoms with E-state index in [-0.39, 0.29) is 37.3 Å².